The van der Waals surface area contributed by atoms with E-state index in [4.69, 9.17) is 0 Å². The maximum Gasteiger partial charge on any atom is 0.108 e. The van der Waals surface area contributed by atoms with E-state index >= 15 is 0 Å². The molecular formula is C17H15IN2O. The molecule has 0 saturated heterocycles. The molecule has 3 aromatic rings. The van der Waals surface area contributed by atoms with Gasteiger partial charge in [-0.2, -0.15) is 5.10 Å². The number of hydrogen-bond acceptors (Lipinski definition) is 2. The van der Waals surface area contributed by atoms with E-state index in [9.17, 15) is 5.11 Å². The number of nitrogens with zero attached hydrogens (tertiary/aromatic N) is 2. The van der Waals surface area contributed by atoms with Gasteiger partial charge in [0.1, 0.15) is 6.10 Å². The number of rotatable bonds is 3. The summed E-state index contributed by atoms with van der Waals surface area (Å²) in [6.07, 6.45) is 2.93. The second kappa shape index (κ2) is 5.99. The summed E-state index contributed by atoms with van der Waals surface area (Å²) in [7, 11) is 0. The summed E-state index contributed by atoms with van der Waals surface area (Å²) in [5.74, 6) is 0. The van der Waals surface area contributed by atoms with Gasteiger partial charge in [0.2, 0.25) is 0 Å². The van der Waals surface area contributed by atoms with E-state index in [2.05, 4.69) is 27.7 Å². The molecule has 0 fully saturated rings. The van der Waals surface area contributed by atoms with Crippen LogP contribution in [0.4, 0.5) is 0 Å². The van der Waals surface area contributed by atoms with Gasteiger partial charge in [-0.05, 0) is 52.8 Å². The summed E-state index contributed by atoms with van der Waals surface area (Å²) in [4.78, 5) is 0. The van der Waals surface area contributed by atoms with Crippen molar-refractivity contribution >= 4 is 22.6 Å². The van der Waals surface area contributed by atoms with Crippen molar-refractivity contribution in [2.24, 2.45) is 0 Å². The molecule has 1 aromatic heterocycles. The van der Waals surface area contributed by atoms with Crippen LogP contribution in [0.1, 0.15) is 22.8 Å². The molecule has 0 saturated carbocycles. The molecule has 3 rings (SSSR count). The fourth-order valence-corrected chi connectivity index (χ4v) is 2.92. The fraction of sp³-hybridized carbons (Fsp3) is 0.118. The summed E-state index contributed by atoms with van der Waals surface area (Å²) in [6, 6.07) is 15.9. The molecule has 0 spiro atoms. The molecule has 2 aromatic carbocycles. The van der Waals surface area contributed by atoms with Gasteiger partial charge in [-0.1, -0.05) is 36.4 Å². The zero-order chi connectivity index (χ0) is 14.8. The maximum atomic E-state index is 10.6. The van der Waals surface area contributed by atoms with Crippen LogP contribution in [0.5, 0.6) is 0 Å². The first kappa shape index (κ1) is 14.3. The van der Waals surface area contributed by atoms with Crippen LogP contribution in [0, 0.1) is 10.5 Å². The van der Waals surface area contributed by atoms with E-state index in [1.807, 2.05) is 61.7 Å². The summed E-state index contributed by atoms with van der Waals surface area (Å²) < 4.78 is 2.87. The van der Waals surface area contributed by atoms with Crippen molar-refractivity contribution in [1.29, 1.82) is 0 Å². The highest BCUT2D eigenvalue weighted by molar-refractivity contribution is 14.1. The highest BCUT2D eigenvalue weighted by Gasteiger charge is 2.16. The number of para-hydroxylation sites is 1. The lowest BCUT2D eigenvalue weighted by molar-refractivity contribution is 0.219. The predicted molar refractivity (Wildman–Crippen MR) is 91.5 cm³/mol. The molecule has 1 unspecified atom stereocenters. The van der Waals surface area contributed by atoms with Crippen molar-refractivity contribution in [3.05, 3.63) is 81.2 Å². The van der Waals surface area contributed by atoms with Gasteiger partial charge in [-0.25, -0.2) is 4.68 Å². The second-order valence-electron chi connectivity index (χ2n) is 4.93. The van der Waals surface area contributed by atoms with Crippen LogP contribution in [-0.4, -0.2) is 14.9 Å². The van der Waals surface area contributed by atoms with E-state index in [1.165, 1.54) is 5.56 Å². The zero-order valence-electron chi connectivity index (χ0n) is 11.6. The Bertz CT molecular complexity index is 752. The zero-order valence-corrected chi connectivity index (χ0v) is 13.7. The molecule has 0 aliphatic heterocycles. The van der Waals surface area contributed by atoms with Crippen LogP contribution in [0.3, 0.4) is 0 Å². The van der Waals surface area contributed by atoms with Gasteiger partial charge in [-0.15, -0.1) is 0 Å². The van der Waals surface area contributed by atoms with Crippen molar-refractivity contribution < 1.29 is 5.11 Å². The Labute approximate surface area is 137 Å². The third-order valence-corrected chi connectivity index (χ3v) is 4.93. The number of aliphatic hydroxyl groups is 1. The molecule has 21 heavy (non-hydrogen) atoms. The number of benzene rings is 2. The van der Waals surface area contributed by atoms with E-state index in [0.29, 0.717) is 0 Å². The van der Waals surface area contributed by atoms with Crippen LogP contribution < -0.4 is 0 Å². The number of halogens is 1. The smallest absolute Gasteiger partial charge is 0.108 e. The molecule has 0 radical (unpaired) electrons. The average Bonchev–Trinajstić information content (AvgIpc) is 3.00. The van der Waals surface area contributed by atoms with Crippen molar-refractivity contribution in [2.45, 2.75) is 13.0 Å². The third kappa shape index (κ3) is 2.87. The van der Waals surface area contributed by atoms with E-state index in [1.54, 1.807) is 10.9 Å². The minimum atomic E-state index is -0.658. The van der Waals surface area contributed by atoms with Crippen molar-refractivity contribution in [3.63, 3.8) is 0 Å². The minimum Gasteiger partial charge on any atom is -0.384 e. The molecule has 0 bridgehead atoms. The lowest BCUT2D eigenvalue weighted by Crippen LogP contribution is -2.02. The molecule has 0 amide bonds. The second-order valence-corrected chi connectivity index (χ2v) is 6.01. The number of aliphatic hydroxyl groups excluding tert-OH is 1. The van der Waals surface area contributed by atoms with Crippen LogP contribution in [0.25, 0.3) is 5.69 Å². The Morgan fingerprint density at radius 2 is 1.86 bits per heavy atom. The molecule has 106 valence electrons. The largest absolute Gasteiger partial charge is 0.384 e. The normalized spacial score (nSPS) is 12.3. The molecule has 0 aliphatic rings. The maximum absolute atomic E-state index is 10.6. The summed E-state index contributed by atoms with van der Waals surface area (Å²) in [5.41, 5.74) is 3.86. The van der Waals surface area contributed by atoms with Crippen LogP contribution >= 0.6 is 22.6 Å². The van der Waals surface area contributed by atoms with Gasteiger partial charge in [-0.3, -0.25) is 0 Å². The standard InChI is InChI=1S/C17H15IN2O/c1-12-6-5-9-15(16(12)18)17(21)13-10-19-20(11-13)14-7-3-2-4-8-14/h2-11,17,21H,1H3. The Morgan fingerprint density at radius 1 is 1.10 bits per heavy atom. The van der Waals surface area contributed by atoms with Gasteiger partial charge in [0, 0.05) is 15.3 Å². The molecular weight excluding hydrogens is 375 g/mol. The topological polar surface area (TPSA) is 38.1 Å². The molecule has 0 aliphatic carbocycles. The van der Waals surface area contributed by atoms with Gasteiger partial charge in [0.15, 0.2) is 0 Å². The number of hydrogen-bond donors (Lipinski definition) is 1. The van der Waals surface area contributed by atoms with Gasteiger partial charge >= 0.3 is 0 Å². The average molecular weight is 390 g/mol. The highest BCUT2D eigenvalue weighted by Crippen LogP contribution is 2.28. The minimum absolute atomic E-state index is 0.658. The summed E-state index contributed by atoms with van der Waals surface area (Å²) in [6.45, 7) is 2.05. The quantitative estimate of drug-likeness (QED) is 0.690. The SMILES string of the molecule is Cc1cccc(C(O)c2cnn(-c3ccccc3)c2)c1I. The van der Waals surface area contributed by atoms with E-state index in [0.717, 1.165) is 20.4 Å². The number of aromatic nitrogens is 2. The van der Waals surface area contributed by atoms with Gasteiger partial charge in [0.05, 0.1) is 11.9 Å². The van der Waals surface area contributed by atoms with Crippen LogP contribution in [0.15, 0.2) is 60.9 Å². The first-order valence-corrected chi connectivity index (χ1v) is 7.78. The van der Waals surface area contributed by atoms with Gasteiger partial charge in [0.25, 0.3) is 0 Å². The van der Waals surface area contributed by atoms with Crippen molar-refractivity contribution in [2.75, 3.05) is 0 Å². The number of aryl methyl sites for hydroxylation is 1. The van der Waals surface area contributed by atoms with Crippen LogP contribution in [0.2, 0.25) is 0 Å². The van der Waals surface area contributed by atoms with Crippen molar-refractivity contribution in [1.82, 2.24) is 9.78 Å². The lowest BCUT2D eigenvalue weighted by Gasteiger charge is -2.12. The first-order valence-electron chi connectivity index (χ1n) is 6.70. The predicted octanol–water partition coefficient (Wildman–Crippen LogP) is 3.87. The molecule has 1 atom stereocenters. The fourth-order valence-electron chi connectivity index (χ4n) is 2.26. The lowest BCUT2D eigenvalue weighted by atomic mass is 10.0. The molecule has 4 heteroatoms. The molecule has 3 nitrogen and oxygen atoms in total. The molecule has 1 heterocycles. The van der Waals surface area contributed by atoms with Crippen molar-refractivity contribution in [3.8, 4) is 5.69 Å². The summed E-state index contributed by atoms with van der Waals surface area (Å²) >= 11 is 2.28. The highest BCUT2D eigenvalue weighted by atomic mass is 127. The van der Waals surface area contributed by atoms with Gasteiger partial charge < -0.3 is 5.11 Å². The molecule has 1 N–H and O–H groups in total. The Kier molecular flexibility index (Phi) is 4.07. The van der Waals surface area contributed by atoms with E-state index < -0.39 is 6.10 Å². The summed E-state index contributed by atoms with van der Waals surface area (Å²) in [5, 5.41) is 14.9. The third-order valence-electron chi connectivity index (χ3n) is 3.46. The Hall–Kier alpha value is -1.66. The Balaban J connectivity index is 1.95. The van der Waals surface area contributed by atoms with E-state index in [-0.39, 0.29) is 0 Å². The Morgan fingerprint density at radius 3 is 2.62 bits per heavy atom. The first-order chi connectivity index (χ1) is 10.2. The monoisotopic (exact) mass is 390 g/mol. The van der Waals surface area contributed by atoms with Crippen LogP contribution in [-0.2, 0) is 0 Å².